The number of carboxylic acid groups (broad SMARTS) is 1. The van der Waals surface area contributed by atoms with Crippen LogP contribution in [0.25, 0.3) is 0 Å². The first kappa shape index (κ1) is 14.3. The van der Waals surface area contributed by atoms with Gasteiger partial charge in [0.05, 0.1) is 5.92 Å². The van der Waals surface area contributed by atoms with E-state index in [0.29, 0.717) is 32.4 Å². The Morgan fingerprint density at radius 2 is 1.89 bits per heavy atom. The molecule has 0 saturated heterocycles. The van der Waals surface area contributed by atoms with Crippen molar-refractivity contribution in [2.75, 3.05) is 19.8 Å². The summed E-state index contributed by atoms with van der Waals surface area (Å²) in [5.74, 6) is -0.443. The van der Waals surface area contributed by atoms with Crippen molar-refractivity contribution in [3.05, 3.63) is 0 Å². The summed E-state index contributed by atoms with van der Waals surface area (Å²) in [5.41, 5.74) is 0. The average molecular weight is 269 g/mol. The number of aliphatic carboxylic acids is 1. The number of hydrogen-bond acceptors (Lipinski definition) is 3. The Bertz CT molecular complexity index is 327. The molecule has 0 radical (unpaired) electrons. The molecular formula is C14H23NO4. The number of carbonyl (C=O) groups excluding carboxylic acids is 1. The normalized spacial score (nSPS) is 26.3. The molecule has 0 aromatic carbocycles. The average Bonchev–Trinajstić information content (AvgIpc) is 3.06. The van der Waals surface area contributed by atoms with E-state index in [4.69, 9.17) is 9.84 Å². The van der Waals surface area contributed by atoms with E-state index in [1.165, 1.54) is 12.8 Å². The van der Waals surface area contributed by atoms with Crippen molar-refractivity contribution in [2.24, 2.45) is 17.8 Å². The van der Waals surface area contributed by atoms with Crippen LogP contribution in [0.3, 0.4) is 0 Å². The van der Waals surface area contributed by atoms with Gasteiger partial charge in [-0.05, 0) is 44.4 Å². The van der Waals surface area contributed by atoms with E-state index in [1.54, 1.807) is 0 Å². The van der Waals surface area contributed by atoms with Crippen LogP contribution in [0.15, 0.2) is 0 Å². The first-order valence-corrected chi connectivity index (χ1v) is 7.25. The third-order valence-electron chi connectivity index (χ3n) is 3.97. The summed E-state index contributed by atoms with van der Waals surface area (Å²) in [6, 6.07) is 0. The van der Waals surface area contributed by atoms with Gasteiger partial charge in [-0.3, -0.25) is 9.59 Å². The van der Waals surface area contributed by atoms with Crippen LogP contribution in [0.2, 0.25) is 0 Å². The van der Waals surface area contributed by atoms with Gasteiger partial charge in [0.15, 0.2) is 0 Å². The van der Waals surface area contributed by atoms with Crippen molar-refractivity contribution in [3.63, 3.8) is 0 Å². The zero-order valence-corrected chi connectivity index (χ0v) is 11.3. The van der Waals surface area contributed by atoms with Crippen LogP contribution in [0.4, 0.5) is 0 Å². The smallest absolute Gasteiger partial charge is 0.306 e. The molecule has 2 atom stereocenters. The SMILES string of the molecule is O=C(O)[C@H]1CC[C@@H](C(=O)NCCCOCC2CC2)C1. The van der Waals surface area contributed by atoms with Gasteiger partial charge in [-0.2, -0.15) is 0 Å². The van der Waals surface area contributed by atoms with Gasteiger partial charge in [-0.1, -0.05) is 0 Å². The Morgan fingerprint density at radius 1 is 1.16 bits per heavy atom. The van der Waals surface area contributed by atoms with Crippen LogP contribution >= 0.6 is 0 Å². The van der Waals surface area contributed by atoms with Gasteiger partial charge in [-0.25, -0.2) is 0 Å². The molecule has 5 nitrogen and oxygen atoms in total. The molecule has 0 aromatic rings. The van der Waals surface area contributed by atoms with Crippen LogP contribution in [-0.2, 0) is 14.3 Å². The second-order valence-corrected chi connectivity index (χ2v) is 5.71. The Labute approximate surface area is 113 Å². The van der Waals surface area contributed by atoms with E-state index in [1.807, 2.05) is 0 Å². The summed E-state index contributed by atoms with van der Waals surface area (Å²) in [5, 5.41) is 11.8. The molecule has 2 aliphatic carbocycles. The molecule has 2 aliphatic rings. The lowest BCUT2D eigenvalue weighted by atomic mass is 10.0. The lowest BCUT2D eigenvalue weighted by Crippen LogP contribution is -2.31. The quantitative estimate of drug-likeness (QED) is 0.653. The van der Waals surface area contributed by atoms with Crippen molar-refractivity contribution >= 4 is 11.9 Å². The molecule has 2 N–H and O–H groups in total. The molecule has 0 bridgehead atoms. The molecule has 108 valence electrons. The number of hydrogen-bond donors (Lipinski definition) is 2. The standard InChI is InChI=1S/C14H23NO4/c16-13(11-4-5-12(8-11)14(17)18)15-6-1-7-19-9-10-2-3-10/h10-12H,1-9H2,(H,15,16)(H,17,18)/t11-,12+/m1/s1. The third kappa shape index (κ3) is 4.82. The Morgan fingerprint density at radius 3 is 2.53 bits per heavy atom. The predicted octanol–water partition coefficient (Wildman–Crippen LogP) is 1.42. The monoisotopic (exact) mass is 269 g/mol. The van der Waals surface area contributed by atoms with E-state index < -0.39 is 5.97 Å². The van der Waals surface area contributed by atoms with Crippen LogP contribution < -0.4 is 5.32 Å². The van der Waals surface area contributed by atoms with Gasteiger partial charge >= 0.3 is 5.97 Å². The fourth-order valence-corrected chi connectivity index (χ4v) is 2.51. The number of carboxylic acids is 1. The highest BCUT2D eigenvalue weighted by Crippen LogP contribution is 2.31. The highest BCUT2D eigenvalue weighted by molar-refractivity contribution is 5.80. The van der Waals surface area contributed by atoms with Gasteiger partial charge in [0.2, 0.25) is 5.91 Å². The maximum atomic E-state index is 11.8. The molecule has 2 rings (SSSR count). The van der Waals surface area contributed by atoms with Crippen LogP contribution in [0, 0.1) is 17.8 Å². The first-order valence-electron chi connectivity index (χ1n) is 7.25. The van der Waals surface area contributed by atoms with E-state index in [-0.39, 0.29) is 17.7 Å². The zero-order valence-electron chi connectivity index (χ0n) is 11.3. The number of carbonyl (C=O) groups is 2. The minimum Gasteiger partial charge on any atom is -0.481 e. The summed E-state index contributed by atoms with van der Waals surface area (Å²) in [7, 11) is 0. The van der Waals surface area contributed by atoms with E-state index in [9.17, 15) is 9.59 Å². The van der Waals surface area contributed by atoms with E-state index in [0.717, 1.165) is 18.9 Å². The first-order chi connectivity index (χ1) is 9.16. The maximum absolute atomic E-state index is 11.8. The molecule has 5 heteroatoms. The number of nitrogens with one attached hydrogen (secondary N) is 1. The largest absolute Gasteiger partial charge is 0.481 e. The maximum Gasteiger partial charge on any atom is 0.306 e. The lowest BCUT2D eigenvalue weighted by molar-refractivity contribution is -0.141. The molecule has 1 amide bonds. The second-order valence-electron chi connectivity index (χ2n) is 5.71. The van der Waals surface area contributed by atoms with Gasteiger partial charge in [-0.15, -0.1) is 0 Å². The number of amides is 1. The summed E-state index contributed by atoms with van der Waals surface area (Å²) in [6.07, 6.45) is 5.22. The van der Waals surface area contributed by atoms with E-state index >= 15 is 0 Å². The molecule has 0 heterocycles. The van der Waals surface area contributed by atoms with Crippen molar-refractivity contribution < 1.29 is 19.4 Å². The second kappa shape index (κ2) is 6.89. The third-order valence-corrected chi connectivity index (χ3v) is 3.97. The van der Waals surface area contributed by atoms with Crippen molar-refractivity contribution in [1.82, 2.24) is 5.32 Å². The summed E-state index contributed by atoms with van der Waals surface area (Å²) in [4.78, 5) is 22.6. The molecular weight excluding hydrogens is 246 g/mol. The molecule has 0 unspecified atom stereocenters. The van der Waals surface area contributed by atoms with E-state index in [2.05, 4.69) is 5.32 Å². The molecule has 0 aromatic heterocycles. The highest BCUT2D eigenvalue weighted by atomic mass is 16.5. The van der Waals surface area contributed by atoms with Gasteiger partial charge < -0.3 is 15.2 Å². The van der Waals surface area contributed by atoms with Crippen molar-refractivity contribution in [3.8, 4) is 0 Å². The van der Waals surface area contributed by atoms with Crippen molar-refractivity contribution in [1.29, 1.82) is 0 Å². The van der Waals surface area contributed by atoms with Gasteiger partial charge in [0.25, 0.3) is 0 Å². The van der Waals surface area contributed by atoms with Gasteiger partial charge in [0.1, 0.15) is 0 Å². The zero-order chi connectivity index (χ0) is 13.7. The topological polar surface area (TPSA) is 75.6 Å². The fraction of sp³-hybridized carbons (Fsp3) is 0.857. The molecule has 2 fully saturated rings. The van der Waals surface area contributed by atoms with Crippen LogP contribution in [0.5, 0.6) is 0 Å². The number of rotatable bonds is 8. The minimum absolute atomic E-state index is 0.00550. The minimum atomic E-state index is -0.774. The van der Waals surface area contributed by atoms with Crippen LogP contribution in [-0.4, -0.2) is 36.7 Å². The Hall–Kier alpha value is -1.10. The molecule has 2 saturated carbocycles. The fourth-order valence-electron chi connectivity index (χ4n) is 2.51. The lowest BCUT2D eigenvalue weighted by Gasteiger charge is -2.10. The molecule has 0 aliphatic heterocycles. The summed E-state index contributed by atoms with van der Waals surface area (Å²) < 4.78 is 5.48. The van der Waals surface area contributed by atoms with Crippen molar-refractivity contribution in [2.45, 2.75) is 38.5 Å². The number of ether oxygens (including phenoxy) is 1. The summed E-state index contributed by atoms with van der Waals surface area (Å²) in [6.45, 7) is 2.17. The van der Waals surface area contributed by atoms with Crippen LogP contribution in [0.1, 0.15) is 38.5 Å². The predicted molar refractivity (Wildman–Crippen MR) is 69.6 cm³/mol. The Kier molecular flexibility index (Phi) is 5.19. The Balaban J connectivity index is 1.50. The summed E-state index contributed by atoms with van der Waals surface area (Å²) >= 11 is 0. The highest BCUT2D eigenvalue weighted by Gasteiger charge is 2.33. The molecule has 0 spiro atoms. The van der Waals surface area contributed by atoms with Gasteiger partial charge in [0, 0.05) is 25.7 Å². The molecule has 19 heavy (non-hydrogen) atoms.